The van der Waals surface area contributed by atoms with E-state index in [1.807, 2.05) is 18.2 Å². The van der Waals surface area contributed by atoms with E-state index in [2.05, 4.69) is 11.5 Å². The molecule has 0 N–H and O–H groups in total. The van der Waals surface area contributed by atoms with Crippen molar-refractivity contribution in [2.24, 2.45) is 0 Å². The monoisotopic (exact) mass is 344 g/mol. The van der Waals surface area contributed by atoms with Gasteiger partial charge in [0.2, 0.25) is 0 Å². The Hall–Kier alpha value is -2.21. The van der Waals surface area contributed by atoms with Crippen molar-refractivity contribution in [3.8, 4) is 5.75 Å². The highest BCUT2D eigenvalue weighted by Crippen LogP contribution is 2.35. The largest absolute Gasteiger partial charge is 0.496 e. The average Bonchev–Trinajstić information content (AvgIpc) is 3.20. The predicted octanol–water partition coefficient (Wildman–Crippen LogP) is 3.52. The normalized spacial score (nSPS) is 19.5. The van der Waals surface area contributed by atoms with Crippen LogP contribution in [0.15, 0.2) is 35.8 Å². The van der Waals surface area contributed by atoms with Gasteiger partial charge in [-0.25, -0.2) is 0 Å². The highest BCUT2D eigenvalue weighted by Gasteiger charge is 2.34. The summed E-state index contributed by atoms with van der Waals surface area (Å²) in [6.07, 6.45) is 5.69. The quantitative estimate of drug-likeness (QED) is 0.604. The first-order valence-corrected chi connectivity index (χ1v) is 8.75. The van der Waals surface area contributed by atoms with E-state index in [0.29, 0.717) is 10.7 Å². The van der Waals surface area contributed by atoms with Crippen molar-refractivity contribution in [3.63, 3.8) is 0 Å². The first kappa shape index (κ1) is 16.6. The van der Waals surface area contributed by atoms with Crippen LogP contribution in [0.2, 0.25) is 0 Å². The van der Waals surface area contributed by atoms with E-state index in [1.54, 1.807) is 19.3 Å². The molecule has 1 aromatic carbocycles. The molecule has 1 aromatic rings. The number of anilines is 1. The minimum Gasteiger partial charge on any atom is -0.496 e. The summed E-state index contributed by atoms with van der Waals surface area (Å²) >= 11 is 0.950. The Morgan fingerprint density at radius 1 is 1.29 bits per heavy atom. The fourth-order valence-electron chi connectivity index (χ4n) is 2.92. The summed E-state index contributed by atoms with van der Waals surface area (Å²) in [4.78, 5) is 28.1. The molecule has 0 atom stereocenters. The Bertz CT molecular complexity index is 708. The standard InChI is InChI=1S/C18H20N2O3S/c1-3-8-20-17(21)16(24-18(20)22)11-13-6-7-14(12-15(13)23-2)19-9-4-5-10-19/h3,6-7,11-12H,1,4-5,8-10H2,2H3/b16-11+. The van der Waals surface area contributed by atoms with Crippen LogP contribution < -0.4 is 9.64 Å². The van der Waals surface area contributed by atoms with Crippen LogP contribution in [0.3, 0.4) is 0 Å². The highest BCUT2D eigenvalue weighted by atomic mass is 32.2. The molecule has 0 unspecified atom stereocenters. The molecule has 126 valence electrons. The minimum absolute atomic E-state index is 0.229. The van der Waals surface area contributed by atoms with E-state index in [-0.39, 0.29) is 17.7 Å². The van der Waals surface area contributed by atoms with E-state index >= 15 is 0 Å². The number of carbonyl (C=O) groups is 2. The van der Waals surface area contributed by atoms with Crippen molar-refractivity contribution in [3.05, 3.63) is 41.3 Å². The first-order chi connectivity index (χ1) is 11.6. The number of nitrogens with zero attached hydrogens (tertiary/aromatic N) is 2. The van der Waals surface area contributed by atoms with E-state index in [4.69, 9.17) is 4.74 Å². The van der Waals surface area contributed by atoms with Gasteiger partial charge in [-0.15, -0.1) is 6.58 Å². The van der Waals surface area contributed by atoms with Crippen molar-refractivity contribution in [1.29, 1.82) is 0 Å². The van der Waals surface area contributed by atoms with Crippen molar-refractivity contribution in [2.45, 2.75) is 12.8 Å². The van der Waals surface area contributed by atoms with Gasteiger partial charge in [0, 0.05) is 37.0 Å². The number of hydrogen-bond acceptors (Lipinski definition) is 5. The molecule has 3 rings (SSSR count). The molecule has 2 aliphatic heterocycles. The zero-order valence-corrected chi connectivity index (χ0v) is 14.5. The van der Waals surface area contributed by atoms with Crippen LogP contribution in [0, 0.1) is 0 Å². The lowest BCUT2D eigenvalue weighted by Crippen LogP contribution is -2.27. The van der Waals surface area contributed by atoms with Crippen molar-refractivity contribution in [2.75, 3.05) is 31.6 Å². The van der Waals surface area contributed by atoms with Crippen molar-refractivity contribution >= 4 is 34.7 Å². The third-order valence-corrected chi connectivity index (χ3v) is 5.07. The van der Waals surface area contributed by atoms with Crippen LogP contribution in [0.1, 0.15) is 18.4 Å². The molecule has 0 aliphatic carbocycles. The Labute approximate surface area is 145 Å². The number of thioether (sulfide) groups is 1. The van der Waals surface area contributed by atoms with E-state index in [0.717, 1.165) is 36.1 Å². The van der Waals surface area contributed by atoms with E-state index in [9.17, 15) is 9.59 Å². The number of benzene rings is 1. The van der Waals surface area contributed by atoms with Gasteiger partial charge in [-0.3, -0.25) is 14.5 Å². The third kappa shape index (κ3) is 3.19. The summed E-state index contributed by atoms with van der Waals surface area (Å²) in [6, 6.07) is 5.97. The summed E-state index contributed by atoms with van der Waals surface area (Å²) in [5.74, 6) is 0.422. The fraction of sp³-hybridized carbons (Fsp3) is 0.333. The lowest BCUT2D eigenvalue weighted by molar-refractivity contribution is -0.122. The van der Waals surface area contributed by atoms with Crippen LogP contribution in [0.4, 0.5) is 10.5 Å². The lowest BCUT2D eigenvalue weighted by atomic mass is 10.1. The number of imide groups is 1. The first-order valence-electron chi connectivity index (χ1n) is 7.93. The van der Waals surface area contributed by atoms with Crippen LogP contribution in [-0.4, -0.2) is 42.8 Å². The zero-order chi connectivity index (χ0) is 17.1. The Kier molecular flexibility index (Phi) is 4.94. The van der Waals surface area contributed by atoms with Gasteiger partial charge in [0.05, 0.1) is 12.0 Å². The van der Waals surface area contributed by atoms with E-state index in [1.165, 1.54) is 17.7 Å². The second kappa shape index (κ2) is 7.13. The number of methoxy groups -OCH3 is 1. The predicted molar refractivity (Wildman–Crippen MR) is 97.3 cm³/mol. The molecule has 2 fully saturated rings. The molecule has 2 saturated heterocycles. The maximum Gasteiger partial charge on any atom is 0.293 e. The van der Waals surface area contributed by atoms with Gasteiger partial charge in [-0.05, 0) is 42.8 Å². The molecule has 2 heterocycles. The average molecular weight is 344 g/mol. The maximum atomic E-state index is 12.3. The Balaban J connectivity index is 1.88. The number of amides is 2. The second-order valence-corrected chi connectivity index (χ2v) is 6.69. The SMILES string of the molecule is C=CCN1C(=O)S/C(=C/c2ccc(N3CCCC3)cc2OC)C1=O. The van der Waals surface area contributed by atoms with Crippen molar-refractivity contribution < 1.29 is 14.3 Å². The summed E-state index contributed by atoms with van der Waals surface area (Å²) in [5, 5.41) is -0.265. The smallest absolute Gasteiger partial charge is 0.293 e. The number of ether oxygens (including phenoxy) is 1. The molecular weight excluding hydrogens is 324 g/mol. The molecule has 0 spiro atoms. The molecule has 0 radical (unpaired) electrons. The Morgan fingerprint density at radius 3 is 2.71 bits per heavy atom. The van der Waals surface area contributed by atoms with Gasteiger partial charge in [0.1, 0.15) is 5.75 Å². The molecule has 0 aromatic heterocycles. The van der Waals surface area contributed by atoms with Gasteiger partial charge < -0.3 is 9.64 Å². The van der Waals surface area contributed by atoms with Crippen LogP contribution in [0.5, 0.6) is 5.75 Å². The highest BCUT2D eigenvalue weighted by molar-refractivity contribution is 8.18. The van der Waals surface area contributed by atoms with Crippen molar-refractivity contribution in [1.82, 2.24) is 4.90 Å². The number of hydrogen-bond donors (Lipinski definition) is 0. The van der Waals surface area contributed by atoms with Crippen LogP contribution in [0.25, 0.3) is 6.08 Å². The van der Waals surface area contributed by atoms with Crippen LogP contribution >= 0.6 is 11.8 Å². The molecule has 24 heavy (non-hydrogen) atoms. The van der Waals surface area contributed by atoms with Crippen LogP contribution in [-0.2, 0) is 4.79 Å². The maximum absolute atomic E-state index is 12.3. The van der Waals surface area contributed by atoms with Gasteiger partial charge in [0.25, 0.3) is 11.1 Å². The molecule has 0 saturated carbocycles. The summed E-state index contributed by atoms with van der Waals surface area (Å²) in [6.45, 7) is 5.92. The van der Waals surface area contributed by atoms with Gasteiger partial charge in [-0.1, -0.05) is 6.08 Å². The van der Waals surface area contributed by atoms with Gasteiger partial charge >= 0.3 is 0 Å². The molecular formula is C18H20N2O3S. The molecule has 6 heteroatoms. The lowest BCUT2D eigenvalue weighted by Gasteiger charge is -2.19. The molecule has 0 bridgehead atoms. The number of carbonyl (C=O) groups excluding carboxylic acids is 2. The summed E-state index contributed by atoms with van der Waals surface area (Å²) in [7, 11) is 1.61. The summed E-state index contributed by atoms with van der Waals surface area (Å²) in [5.41, 5.74) is 1.92. The van der Waals surface area contributed by atoms with Gasteiger partial charge in [-0.2, -0.15) is 0 Å². The minimum atomic E-state index is -0.282. The molecule has 2 amide bonds. The summed E-state index contributed by atoms with van der Waals surface area (Å²) < 4.78 is 5.49. The fourth-order valence-corrected chi connectivity index (χ4v) is 3.76. The Morgan fingerprint density at radius 2 is 2.04 bits per heavy atom. The topological polar surface area (TPSA) is 49.9 Å². The van der Waals surface area contributed by atoms with Gasteiger partial charge in [0.15, 0.2) is 0 Å². The molecule has 2 aliphatic rings. The van der Waals surface area contributed by atoms with E-state index < -0.39 is 0 Å². The number of rotatable bonds is 5. The second-order valence-electron chi connectivity index (χ2n) is 5.70. The zero-order valence-electron chi connectivity index (χ0n) is 13.7. The molecule has 5 nitrogen and oxygen atoms in total. The third-order valence-electron chi connectivity index (χ3n) is 4.16.